The van der Waals surface area contributed by atoms with Crippen molar-refractivity contribution >= 4 is 15.7 Å². The van der Waals surface area contributed by atoms with Crippen molar-refractivity contribution in [1.82, 2.24) is 4.98 Å². The van der Waals surface area contributed by atoms with Crippen LogP contribution in [0.1, 0.15) is 12.5 Å². The number of benzene rings is 1. The number of pyridine rings is 1. The van der Waals surface area contributed by atoms with E-state index in [1.807, 2.05) is 13.0 Å². The van der Waals surface area contributed by atoms with Crippen LogP contribution < -0.4 is 4.31 Å². The Morgan fingerprint density at radius 2 is 2.00 bits per heavy atom. The summed E-state index contributed by atoms with van der Waals surface area (Å²) in [6.07, 6.45) is 1.26. The predicted octanol–water partition coefficient (Wildman–Crippen LogP) is 2.74. The van der Waals surface area contributed by atoms with Crippen LogP contribution in [0, 0.1) is 12.7 Å². The van der Waals surface area contributed by atoms with Crippen LogP contribution in [0.5, 0.6) is 0 Å². The molecule has 4 nitrogen and oxygen atoms in total. The monoisotopic (exact) mass is 294 g/mol. The zero-order valence-electron chi connectivity index (χ0n) is 11.2. The molecular weight excluding hydrogens is 279 g/mol. The molecule has 20 heavy (non-hydrogen) atoms. The third-order valence-corrected chi connectivity index (χ3v) is 4.67. The van der Waals surface area contributed by atoms with E-state index in [9.17, 15) is 12.8 Å². The quantitative estimate of drug-likeness (QED) is 0.871. The van der Waals surface area contributed by atoms with E-state index in [0.717, 1.165) is 15.9 Å². The van der Waals surface area contributed by atoms with Crippen LogP contribution in [0.3, 0.4) is 0 Å². The summed E-state index contributed by atoms with van der Waals surface area (Å²) in [5, 5.41) is -0.552. The minimum absolute atomic E-state index is 0.196. The van der Waals surface area contributed by atoms with Gasteiger partial charge in [-0.3, -0.25) is 4.31 Å². The van der Waals surface area contributed by atoms with E-state index < -0.39 is 20.9 Å². The average Bonchev–Trinajstić information content (AvgIpc) is 2.39. The van der Waals surface area contributed by atoms with Crippen molar-refractivity contribution in [2.24, 2.45) is 0 Å². The van der Waals surface area contributed by atoms with Gasteiger partial charge in [-0.15, -0.1) is 0 Å². The lowest BCUT2D eigenvalue weighted by Gasteiger charge is -2.22. The number of sulfonamides is 1. The topological polar surface area (TPSA) is 50.3 Å². The van der Waals surface area contributed by atoms with Crippen molar-refractivity contribution in [1.29, 1.82) is 0 Å². The first-order valence-electron chi connectivity index (χ1n) is 6.16. The van der Waals surface area contributed by atoms with Gasteiger partial charge in [0.05, 0.1) is 5.69 Å². The molecule has 0 spiro atoms. The zero-order valence-corrected chi connectivity index (χ0v) is 12.1. The number of anilines is 1. The van der Waals surface area contributed by atoms with Gasteiger partial charge in [0.25, 0.3) is 10.0 Å². The van der Waals surface area contributed by atoms with Crippen molar-refractivity contribution in [2.45, 2.75) is 18.9 Å². The number of halogens is 1. The minimum Gasteiger partial charge on any atom is -0.265 e. The second kappa shape index (κ2) is 5.58. The standard InChI is InChI=1S/C14H15FN2O2S/c1-3-17(12-7-4-6-11(2)10-12)20(18,19)14-13(15)8-5-9-16-14/h4-10H,3H2,1-2H3. The van der Waals surface area contributed by atoms with Crippen LogP contribution in [-0.2, 0) is 10.0 Å². The van der Waals surface area contributed by atoms with Gasteiger partial charge in [0.1, 0.15) is 0 Å². The van der Waals surface area contributed by atoms with E-state index >= 15 is 0 Å². The highest BCUT2D eigenvalue weighted by Crippen LogP contribution is 2.24. The van der Waals surface area contributed by atoms with Crippen molar-refractivity contribution < 1.29 is 12.8 Å². The number of hydrogen-bond donors (Lipinski definition) is 0. The van der Waals surface area contributed by atoms with Gasteiger partial charge in [-0.05, 0) is 43.7 Å². The van der Waals surface area contributed by atoms with Gasteiger partial charge in [0, 0.05) is 12.7 Å². The lowest BCUT2D eigenvalue weighted by Crippen LogP contribution is -2.32. The molecule has 1 aromatic carbocycles. The Morgan fingerprint density at radius 1 is 1.25 bits per heavy atom. The summed E-state index contributed by atoms with van der Waals surface area (Å²) >= 11 is 0. The Bertz CT molecular complexity index is 717. The molecule has 1 aromatic heterocycles. The van der Waals surface area contributed by atoms with Gasteiger partial charge in [-0.1, -0.05) is 12.1 Å². The first-order valence-corrected chi connectivity index (χ1v) is 7.60. The molecule has 0 unspecified atom stereocenters. The first kappa shape index (κ1) is 14.5. The highest BCUT2D eigenvalue weighted by molar-refractivity contribution is 7.92. The first-order chi connectivity index (χ1) is 9.46. The lowest BCUT2D eigenvalue weighted by molar-refractivity contribution is 0.551. The smallest absolute Gasteiger partial charge is 0.265 e. The van der Waals surface area contributed by atoms with Crippen LogP contribution in [0.25, 0.3) is 0 Å². The molecule has 106 valence electrons. The van der Waals surface area contributed by atoms with Crippen LogP contribution in [0.2, 0.25) is 0 Å². The molecule has 2 rings (SSSR count). The Hall–Kier alpha value is -1.95. The van der Waals surface area contributed by atoms with Crippen molar-refractivity contribution in [2.75, 3.05) is 10.8 Å². The average molecular weight is 294 g/mol. The molecule has 0 saturated heterocycles. The summed E-state index contributed by atoms with van der Waals surface area (Å²) in [4.78, 5) is 3.66. The summed E-state index contributed by atoms with van der Waals surface area (Å²) in [6, 6.07) is 9.49. The molecule has 2 aromatic rings. The summed E-state index contributed by atoms with van der Waals surface area (Å²) in [5.74, 6) is -0.849. The third-order valence-electron chi connectivity index (χ3n) is 2.84. The maximum Gasteiger partial charge on any atom is 0.284 e. The summed E-state index contributed by atoms with van der Waals surface area (Å²) in [7, 11) is -4.00. The molecule has 0 fully saturated rings. The van der Waals surface area contributed by atoms with Gasteiger partial charge in [0.15, 0.2) is 5.82 Å². The van der Waals surface area contributed by atoms with E-state index in [4.69, 9.17) is 0 Å². The number of aryl methyl sites for hydroxylation is 1. The second-order valence-corrected chi connectivity index (χ2v) is 6.08. The highest BCUT2D eigenvalue weighted by atomic mass is 32.2. The van der Waals surface area contributed by atoms with Crippen molar-refractivity contribution in [3.63, 3.8) is 0 Å². The highest BCUT2D eigenvalue weighted by Gasteiger charge is 2.28. The number of aromatic nitrogens is 1. The molecule has 0 atom stereocenters. The number of nitrogens with zero attached hydrogens (tertiary/aromatic N) is 2. The van der Waals surface area contributed by atoms with Crippen LogP contribution in [0.15, 0.2) is 47.6 Å². The molecule has 0 aliphatic carbocycles. The molecule has 1 heterocycles. The normalized spacial score (nSPS) is 11.3. The van der Waals surface area contributed by atoms with E-state index in [0.29, 0.717) is 5.69 Å². The fourth-order valence-electron chi connectivity index (χ4n) is 1.94. The molecule has 0 amide bonds. The summed E-state index contributed by atoms with van der Waals surface area (Å²) in [6.45, 7) is 3.76. The van der Waals surface area contributed by atoms with E-state index in [1.54, 1.807) is 25.1 Å². The van der Waals surface area contributed by atoms with E-state index in [-0.39, 0.29) is 6.54 Å². The maximum atomic E-state index is 13.7. The van der Waals surface area contributed by atoms with E-state index in [2.05, 4.69) is 4.98 Å². The van der Waals surface area contributed by atoms with Gasteiger partial charge in [-0.25, -0.2) is 9.37 Å². The molecule has 0 N–H and O–H groups in total. The number of hydrogen-bond acceptors (Lipinski definition) is 3. The molecule has 0 saturated carbocycles. The van der Waals surface area contributed by atoms with Gasteiger partial charge in [-0.2, -0.15) is 8.42 Å². The SMILES string of the molecule is CCN(c1cccc(C)c1)S(=O)(=O)c1ncccc1F. The third kappa shape index (κ3) is 2.65. The predicted molar refractivity (Wildman–Crippen MR) is 75.6 cm³/mol. The molecule has 0 bridgehead atoms. The largest absolute Gasteiger partial charge is 0.284 e. The Morgan fingerprint density at radius 3 is 2.60 bits per heavy atom. The van der Waals surface area contributed by atoms with Crippen LogP contribution >= 0.6 is 0 Å². The fraction of sp³-hybridized carbons (Fsp3) is 0.214. The zero-order chi connectivity index (χ0) is 14.8. The minimum atomic E-state index is -4.00. The molecular formula is C14H15FN2O2S. The lowest BCUT2D eigenvalue weighted by atomic mass is 10.2. The second-order valence-electron chi connectivity index (χ2n) is 4.30. The van der Waals surface area contributed by atoms with Gasteiger partial charge < -0.3 is 0 Å². The van der Waals surface area contributed by atoms with E-state index in [1.165, 1.54) is 12.3 Å². The summed E-state index contributed by atoms with van der Waals surface area (Å²) < 4.78 is 39.9. The molecule has 0 aliphatic rings. The Labute approximate surface area is 117 Å². The molecule has 0 radical (unpaired) electrons. The Balaban J connectivity index is 2.54. The van der Waals surface area contributed by atoms with Crippen LogP contribution in [0.4, 0.5) is 10.1 Å². The maximum absolute atomic E-state index is 13.7. The molecule has 0 aliphatic heterocycles. The molecule has 6 heteroatoms. The van der Waals surface area contributed by atoms with Gasteiger partial charge in [0.2, 0.25) is 5.03 Å². The Kier molecular flexibility index (Phi) is 4.04. The van der Waals surface area contributed by atoms with Crippen molar-refractivity contribution in [3.05, 3.63) is 54.0 Å². The fourth-order valence-corrected chi connectivity index (χ4v) is 3.39. The summed E-state index contributed by atoms with van der Waals surface area (Å²) in [5.41, 5.74) is 1.43. The van der Waals surface area contributed by atoms with Gasteiger partial charge >= 0.3 is 0 Å². The van der Waals surface area contributed by atoms with Crippen molar-refractivity contribution in [3.8, 4) is 0 Å². The number of rotatable bonds is 4. The van der Waals surface area contributed by atoms with Crippen LogP contribution in [-0.4, -0.2) is 19.9 Å².